The Balaban J connectivity index is 4.22. The highest BCUT2D eigenvalue weighted by Gasteiger charge is 2.25. The van der Waals surface area contributed by atoms with E-state index in [4.69, 9.17) is 4.74 Å². The normalized spacial score (nSPS) is 15.6. The second kappa shape index (κ2) is 9.58. The van der Waals surface area contributed by atoms with Crippen molar-refractivity contribution >= 4 is 0 Å². The fourth-order valence-electron chi connectivity index (χ4n) is 1.75. The molecule has 0 aliphatic carbocycles. The van der Waals surface area contributed by atoms with Gasteiger partial charge in [-0.1, -0.05) is 40.5 Å². The Labute approximate surface area is 107 Å². The van der Waals surface area contributed by atoms with Crippen molar-refractivity contribution in [3.8, 4) is 0 Å². The van der Waals surface area contributed by atoms with Gasteiger partial charge in [0.15, 0.2) is 5.72 Å². The number of nitrogens with zero attached hydrogens (tertiary/aromatic N) is 2. The Morgan fingerprint density at radius 2 is 1.76 bits per heavy atom. The molecule has 17 heavy (non-hydrogen) atoms. The minimum absolute atomic E-state index is 0.420. The number of rotatable bonds is 10. The first-order valence-electron chi connectivity index (χ1n) is 7.06. The molecule has 0 N–H and O–H groups in total. The summed E-state index contributed by atoms with van der Waals surface area (Å²) in [6.45, 7) is 12.4. The van der Waals surface area contributed by atoms with Gasteiger partial charge in [0, 0.05) is 13.0 Å². The molecule has 0 radical (unpaired) electrons. The summed E-state index contributed by atoms with van der Waals surface area (Å²) in [7, 11) is 0. The topological polar surface area (TPSA) is 34.0 Å². The van der Waals surface area contributed by atoms with E-state index in [1.807, 2.05) is 0 Å². The van der Waals surface area contributed by atoms with Gasteiger partial charge in [0.25, 0.3) is 0 Å². The molecule has 0 saturated heterocycles. The summed E-state index contributed by atoms with van der Waals surface area (Å²) >= 11 is 0. The van der Waals surface area contributed by atoms with E-state index in [1.54, 1.807) is 0 Å². The van der Waals surface area contributed by atoms with Crippen LogP contribution in [0.3, 0.4) is 0 Å². The lowest BCUT2D eigenvalue weighted by Crippen LogP contribution is -2.28. The van der Waals surface area contributed by atoms with Gasteiger partial charge in [-0.2, -0.15) is 10.2 Å². The molecule has 0 aliphatic rings. The van der Waals surface area contributed by atoms with Crippen LogP contribution in [0.5, 0.6) is 0 Å². The highest BCUT2D eigenvalue weighted by atomic mass is 16.5. The Hall–Kier alpha value is -0.440. The van der Waals surface area contributed by atoms with Crippen LogP contribution in [0.2, 0.25) is 0 Å². The fraction of sp³-hybridized carbons (Fsp3) is 1.00. The molecule has 0 fully saturated rings. The maximum Gasteiger partial charge on any atom is 0.176 e. The van der Waals surface area contributed by atoms with Crippen LogP contribution in [-0.4, -0.2) is 18.9 Å². The van der Waals surface area contributed by atoms with Gasteiger partial charge in [-0.3, -0.25) is 0 Å². The zero-order valence-corrected chi connectivity index (χ0v) is 12.3. The highest BCUT2D eigenvalue weighted by Crippen LogP contribution is 2.23. The predicted octanol–water partition coefficient (Wildman–Crippen LogP) is 4.82. The van der Waals surface area contributed by atoms with E-state index in [0.717, 1.165) is 45.3 Å². The van der Waals surface area contributed by atoms with Crippen LogP contribution < -0.4 is 0 Å². The first kappa shape index (κ1) is 16.6. The lowest BCUT2D eigenvalue weighted by Gasteiger charge is -2.26. The van der Waals surface area contributed by atoms with Crippen molar-refractivity contribution in [1.82, 2.24) is 0 Å². The molecule has 1 unspecified atom stereocenters. The van der Waals surface area contributed by atoms with Gasteiger partial charge in [-0.05, 0) is 25.7 Å². The lowest BCUT2D eigenvalue weighted by molar-refractivity contribution is -0.0455. The van der Waals surface area contributed by atoms with Crippen LogP contribution >= 0.6 is 0 Å². The third kappa shape index (κ3) is 9.28. The Morgan fingerprint density at radius 3 is 2.29 bits per heavy atom. The van der Waals surface area contributed by atoms with Crippen molar-refractivity contribution in [3.63, 3.8) is 0 Å². The second-order valence-corrected chi connectivity index (χ2v) is 5.29. The summed E-state index contributed by atoms with van der Waals surface area (Å²) in [5, 5.41) is 8.67. The van der Waals surface area contributed by atoms with Crippen molar-refractivity contribution in [2.24, 2.45) is 16.1 Å². The first-order valence-corrected chi connectivity index (χ1v) is 7.06. The predicted molar refractivity (Wildman–Crippen MR) is 73.4 cm³/mol. The summed E-state index contributed by atoms with van der Waals surface area (Å²) in [4.78, 5) is 0. The SMILES string of the molecule is CCCCN=NC(C)(CC(C)C)OCCCC. The maximum atomic E-state index is 5.90. The molecule has 0 bridgehead atoms. The molecule has 0 rings (SSSR count). The third-order valence-electron chi connectivity index (χ3n) is 2.59. The van der Waals surface area contributed by atoms with E-state index in [0.29, 0.717) is 5.92 Å². The van der Waals surface area contributed by atoms with Crippen LogP contribution in [-0.2, 0) is 4.74 Å². The van der Waals surface area contributed by atoms with Crippen molar-refractivity contribution in [3.05, 3.63) is 0 Å². The van der Waals surface area contributed by atoms with Gasteiger partial charge in [-0.25, -0.2) is 0 Å². The van der Waals surface area contributed by atoms with Crippen molar-refractivity contribution in [2.45, 2.75) is 72.4 Å². The van der Waals surface area contributed by atoms with Crippen molar-refractivity contribution in [1.29, 1.82) is 0 Å². The largest absolute Gasteiger partial charge is 0.352 e. The molecule has 0 aromatic carbocycles. The number of hydrogen-bond acceptors (Lipinski definition) is 3. The molecule has 102 valence electrons. The first-order chi connectivity index (χ1) is 8.04. The summed E-state index contributed by atoms with van der Waals surface area (Å²) in [5.74, 6) is 0.576. The fourth-order valence-corrected chi connectivity index (χ4v) is 1.75. The minimum Gasteiger partial charge on any atom is -0.352 e. The van der Waals surface area contributed by atoms with Gasteiger partial charge in [0.05, 0.1) is 6.54 Å². The van der Waals surface area contributed by atoms with E-state index >= 15 is 0 Å². The van der Waals surface area contributed by atoms with Gasteiger partial charge >= 0.3 is 0 Å². The number of ether oxygens (including phenoxy) is 1. The van der Waals surface area contributed by atoms with E-state index in [2.05, 4.69) is 44.8 Å². The maximum absolute atomic E-state index is 5.90. The summed E-state index contributed by atoms with van der Waals surface area (Å²) in [5.41, 5.74) is -0.420. The van der Waals surface area contributed by atoms with Crippen LogP contribution in [0.25, 0.3) is 0 Å². The third-order valence-corrected chi connectivity index (χ3v) is 2.59. The molecule has 1 atom stereocenters. The van der Waals surface area contributed by atoms with E-state index in [9.17, 15) is 0 Å². The van der Waals surface area contributed by atoms with Crippen LogP contribution in [0.1, 0.15) is 66.7 Å². The Bertz CT molecular complexity index is 204. The second-order valence-electron chi connectivity index (χ2n) is 5.29. The van der Waals surface area contributed by atoms with Gasteiger partial charge in [-0.15, -0.1) is 0 Å². The smallest absolute Gasteiger partial charge is 0.176 e. The standard InChI is InChI=1S/C14H30N2O/c1-6-8-10-15-16-14(5,12-13(3)4)17-11-9-7-2/h13H,6-12H2,1-5H3. The molecule has 0 saturated carbocycles. The van der Waals surface area contributed by atoms with E-state index in [1.165, 1.54) is 0 Å². The summed E-state index contributed by atoms with van der Waals surface area (Å²) < 4.78 is 5.90. The number of hydrogen-bond donors (Lipinski definition) is 0. The van der Waals surface area contributed by atoms with Gasteiger partial charge in [0.1, 0.15) is 0 Å². The summed E-state index contributed by atoms with van der Waals surface area (Å²) in [6.07, 6.45) is 5.46. The number of azo groups is 1. The van der Waals surface area contributed by atoms with Gasteiger partial charge < -0.3 is 4.74 Å². The zero-order chi connectivity index (χ0) is 13.1. The van der Waals surface area contributed by atoms with E-state index in [-0.39, 0.29) is 0 Å². The molecule has 0 aromatic heterocycles. The lowest BCUT2D eigenvalue weighted by atomic mass is 10.0. The quantitative estimate of drug-likeness (QED) is 0.399. The average molecular weight is 242 g/mol. The average Bonchev–Trinajstić information content (AvgIpc) is 2.24. The highest BCUT2D eigenvalue weighted by molar-refractivity contribution is 4.72. The van der Waals surface area contributed by atoms with Crippen molar-refractivity contribution in [2.75, 3.05) is 13.2 Å². The van der Waals surface area contributed by atoms with Crippen LogP contribution in [0.4, 0.5) is 0 Å². The van der Waals surface area contributed by atoms with Crippen LogP contribution in [0.15, 0.2) is 10.2 Å². The number of unbranched alkanes of at least 4 members (excludes halogenated alkanes) is 2. The molecule has 3 heteroatoms. The molecular formula is C14H30N2O. The molecule has 0 heterocycles. The molecule has 0 spiro atoms. The monoisotopic (exact) mass is 242 g/mol. The Kier molecular flexibility index (Phi) is 9.33. The summed E-state index contributed by atoms with van der Waals surface area (Å²) in [6, 6.07) is 0. The molecule has 0 aromatic rings. The minimum atomic E-state index is -0.420. The molecule has 0 amide bonds. The van der Waals surface area contributed by atoms with Gasteiger partial charge in [0.2, 0.25) is 0 Å². The Morgan fingerprint density at radius 1 is 1.12 bits per heavy atom. The zero-order valence-electron chi connectivity index (χ0n) is 12.3. The van der Waals surface area contributed by atoms with Crippen molar-refractivity contribution < 1.29 is 4.74 Å². The van der Waals surface area contributed by atoms with E-state index < -0.39 is 5.72 Å². The molecule has 3 nitrogen and oxygen atoms in total. The van der Waals surface area contributed by atoms with Crippen LogP contribution in [0, 0.1) is 5.92 Å². The molecular weight excluding hydrogens is 212 g/mol. The molecule has 0 aliphatic heterocycles.